The highest BCUT2D eigenvalue weighted by molar-refractivity contribution is 5.80. The second-order valence-electron chi connectivity index (χ2n) is 7.87. The number of rotatable bonds is 5. The van der Waals surface area contributed by atoms with Crippen molar-refractivity contribution in [2.75, 3.05) is 0 Å². The molecule has 1 fully saturated rings. The van der Waals surface area contributed by atoms with Crippen molar-refractivity contribution < 1.29 is 0 Å². The fraction of sp³-hybridized carbons (Fsp3) is 0.440. The molecule has 1 atom stereocenters. The molecule has 0 bridgehead atoms. The van der Waals surface area contributed by atoms with E-state index >= 15 is 0 Å². The summed E-state index contributed by atoms with van der Waals surface area (Å²) in [5, 5.41) is 0. The standard InChI is InChI=1S/C25H30/c1-2-3-8-21-17-18-25-23(21)11-7-12-24(25)22-15-13-20(14-16-22)19-9-5-4-6-10-19/h7,11-19,21H,2-6,8-10H2,1H3. The van der Waals surface area contributed by atoms with Crippen molar-refractivity contribution >= 4 is 6.08 Å². The predicted octanol–water partition coefficient (Wildman–Crippen LogP) is 7.70. The van der Waals surface area contributed by atoms with Gasteiger partial charge in [-0.25, -0.2) is 0 Å². The molecule has 25 heavy (non-hydrogen) atoms. The molecule has 2 aliphatic rings. The van der Waals surface area contributed by atoms with E-state index in [1.165, 1.54) is 73.6 Å². The van der Waals surface area contributed by atoms with Crippen molar-refractivity contribution in [3.63, 3.8) is 0 Å². The summed E-state index contributed by atoms with van der Waals surface area (Å²) in [5.74, 6) is 1.42. The van der Waals surface area contributed by atoms with Crippen molar-refractivity contribution in [3.05, 3.63) is 65.2 Å². The zero-order chi connectivity index (χ0) is 17.1. The summed E-state index contributed by atoms with van der Waals surface area (Å²) in [6, 6.07) is 16.3. The highest BCUT2D eigenvalue weighted by atomic mass is 14.2. The number of allylic oxidation sites excluding steroid dienone is 1. The Morgan fingerprint density at radius 1 is 0.920 bits per heavy atom. The lowest BCUT2D eigenvalue weighted by molar-refractivity contribution is 0.443. The summed E-state index contributed by atoms with van der Waals surface area (Å²) < 4.78 is 0. The van der Waals surface area contributed by atoms with E-state index in [0.29, 0.717) is 5.92 Å². The Kier molecular flexibility index (Phi) is 5.06. The van der Waals surface area contributed by atoms with Crippen molar-refractivity contribution in [2.45, 2.75) is 70.1 Å². The van der Waals surface area contributed by atoms with E-state index in [9.17, 15) is 0 Å². The third kappa shape index (κ3) is 3.45. The summed E-state index contributed by atoms with van der Waals surface area (Å²) in [7, 11) is 0. The maximum atomic E-state index is 2.42. The molecule has 2 aromatic carbocycles. The lowest BCUT2D eigenvalue weighted by atomic mass is 9.83. The van der Waals surface area contributed by atoms with Crippen LogP contribution in [0.2, 0.25) is 0 Å². The monoisotopic (exact) mass is 330 g/mol. The van der Waals surface area contributed by atoms with Gasteiger partial charge in [0.1, 0.15) is 0 Å². The molecule has 0 amide bonds. The van der Waals surface area contributed by atoms with E-state index in [1.54, 1.807) is 5.56 Å². The topological polar surface area (TPSA) is 0 Å². The fourth-order valence-electron chi connectivity index (χ4n) is 4.71. The first-order valence-corrected chi connectivity index (χ1v) is 10.3. The Morgan fingerprint density at radius 2 is 1.72 bits per heavy atom. The van der Waals surface area contributed by atoms with Crippen molar-refractivity contribution in [3.8, 4) is 11.1 Å². The Balaban J connectivity index is 1.58. The van der Waals surface area contributed by atoms with Gasteiger partial charge in [-0.15, -0.1) is 0 Å². The van der Waals surface area contributed by atoms with E-state index in [4.69, 9.17) is 0 Å². The Morgan fingerprint density at radius 3 is 2.48 bits per heavy atom. The summed E-state index contributed by atoms with van der Waals surface area (Å²) in [6.07, 6.45) is 15.6. The van der Waals surface area contributed by atoms with Gasteiger partial charge in [0.2, 0.25) is 0 Å². The van der Waals surface area contributed by atoms with E-state index in [0.717, 1.165) is 5.92 Å². The highest BCUT2D eigenvalue weighted by Gasteiger charge is 2.20. The predicted molar refractivity (Wildman–Crippen MR) is 109 cm³/mol. The van der Waals surface area contributed by atoms with Crippen LogP contribution < -0.4 is 0 Å². The Hall–Kier alpha value is -1.82. The lowest BCUT2D eigenvalue weighted by Crippen LogP contribution is -2.04. The molecule has 0 saturated heterocycles. The molecule has 0 heterocycles. The normalized spacial score (nSPS) is 20.0. The molecule has 2 aromatic rings. The van der Waals surface area contributed by atoms with Crippen LogP contribution in [-0.4, -0.2) is 0 Å². The van der Waals surface area contributed by atoms with Gasteiger partial charge >= 0.3 is 0 Å². The van der Waals surface area contributed by atoms with Gasteiger partial charge < -0.3 is 0 Å². The zero-order valence-corrected chi connectivity index (χ0v) is 15.5. The van der Waals surface area contributed by atoms with Crippen LogP contribution in [0.5, 0.6) is 0 Å². The van der Waals surface area contributed by atoms with Crippen LogP contribution in [0, 0.1) is 0 Å². The maximum Gasteiger partial charge on any atom is 0.00274 e. The third-order valence-electron chi connectivity index (χ3n) is 6.20. The smallest absolute Gasteiger partial charge is 0.00274 e. The van der Waals surface area contributed by atoms with E-state index in [1.807, 2.05) is 0 Å². The molecular formula is C25H30. The van der Waals surface area contributed by atoms with Crippen LogP contribution in [0.1, 0.15) is 86.8 Å². The molecule has 0 aliphatic heterocycles. The SMILES string of the molecule is CCCCC1C=Cc2c(-c3ccc(C4CCCCC4)cc3)cccc21. The largest absolute Gasteiger partial charge is 0.0764 e. The van der Waals surface area contributed by atoms with Gasteiger partial charge in [-0.3, -0.25) is 0 Å². The first kappa shape index (κ1) is 16.6. The van der Waals surface area contributed by atoms with Crippen molar-refractivity contribution in [1.82, 2.24) is 0 Å². The number of hydrogen-bond acceptors (Lipinski definition) is 0. The first-order valence-electron chi connectivity index (χ1n) is 10.3. The fourth-order valence-corrected chi connectivity index (χ4v) is 4.71. The number of benzene rings is 2. The van der Waals surface area contributed by atoms with Gasteiger partial charge in [0, 0.05) is 5.92 Å². The van der Waals surface area contributed by atoms with Crippen molar-refractivity contribution in [1.29, 1.82) is 0 Å². The second kappa shape index (κ2) is 7.60. The van der Waals surface area contributed by atoms with Gasteiger partial charge in [-0.05, 0) is 53.0 Å². The number of unbranched alkanes of at least 4 members (excludes halogenated alkanes) is 1. The lowest BCUT2D eigenvalue weighted by Gasteiger charge is -2.22. The Labute approximate surface area is 153 Å². The minimum Gasteiger partial charge on any atom is -0.0764 e. The molecule has 0 nitrogen and oxygen atoms in total. The minimum atomic E-state index is 0.622. The Bertz CT molecular complexity index is 729. The van der Waals surface area contributed by atoms with Gasteiger partial charge in [0.25, 0.3) is 0 Å². The van der Waals surface area contributed by atoms with Crippen LogP contribution in [0.4, 0.5) is 0 Å². The zero-order valence-electron chi connectivity index (χ0n) is 15.5. The molecule has 0 heteroatoms. The average molecular weight is 331 g/mol. The van der Waals surface area contributed by atoms with Crippen molar-refractivity contribution in [2.24, 2.45) is 0 Å². The molecule has 0 aromatic heterocycles. The highest BCUT2D eigenvalue weighted by Crippen LogP contribution is 2.40. The van der Waals surface area contributed by atoms with Crippen LogP contribution in [0.3, 0.4) is 0 Å². The summed E-state index contributed by atoms with van der Waals surface area (Å²) in [5.41, 5.74) is 7.31. The van der Waals surface area contributed by atoms with Gasteiger partial charge in [-0.1, -0.05) is 93.6 Å². The van der Waals surface area contributed by atoms with Gasteiger partial charge in [-0.2, -0.15) is 0 Å². The molecule has 2 aliphatic carbocycles. The molecule has 1 unspecified atom stereocenters. The number of fused-ring (bicyclic) bond motifs is 1. The number of hydrogen-bond donors (Lipinski definition) is 0. The second-order valence-corrected chi connectivity index (χ2v) is 7.87. The van der Waals surface area contributed by atoms with Crippen LogP contribution in [0.25, 0.3) is 17.2 Å². The quantitative estimate of drug-likeness (QED) is 0.527. The molecular weight excluding hydrogens is 300 g/mol. The van der Waals surface area contributed by atoms with E-state index < -0.39 is 0 Å². The molecule has 1 saturated carbocycles. The van der Waals surface area contributed by atoms with Crippen LogP contribution >= 0.6 is 0 Å². The summed E-state index contributed by atoms with van der Waals surface area (Å²) in [4.78, 5) is 0. The maximum absolute atomic E-state index is 2.42. The van der Waals surface area contributed by atoms with Gasteiger partial charge in [0.15, 0.2) is 0 Å². The summed E-state index contributed by atoms with van der Waals surface area (Å²) in [6.45, 7) is 2.28. The molecule has 0 radical (unpaired) electrons. The molecule has 130 valence electrons. The summed E-state index contributed by atoms with van der Waals surface area (Å²) >= 11 is 0. The molecule has 0 N–H and O–H groups in total. The van der Waals surface area contributed by atoms with Crippen LogP contribution in [0.15, 0.2) is 48.5 Å². The molecule has 0 spiro atoms. The average Bonchev–Trinajstić information content (AvgIpc) is 3.10. The van der Waals surface area contributed by atoms with Gasteiger partial charge in [0.05, 0.1) is 0 Å². The molecule has 4 rings (SSSR count). The van der Waals surface area contributed by atoms with Crippen LogP contribution in [-0.2, 0) is 0 Å². The third-order valence-corrected chi connectivity index (χ3v) is 6.20. The van der Waals surface area contributed by atoms with E-state index in [2.05, 4.69) is 61.5 Å². The van der Waals surface area contributed by atoms with E-state index in [-0.39, 0.29) is 0 Å². The first-order chi connectivity index (χ1) is 12.4. The minimum absolute atomic E-state index is 0.622.